The summed E-state index contributed by atoms with van der Waals surface area (Å²) in [6.07, 6.45) is 0.265. The van der Waals surface area contributed by atoms with Gasteiger partial charge in [-0.05, 0) is 41.7 Å². The van der Waals surface area contributed by atoms with Gasteiger partial charge in [0.2, 0.25) is 0 Å². The molecule has 6 nitrogen and oxygen atoms in total. The third-order valence-electron chi connectivity index (χ3n) is 5.81. The Hall–Kier alpha value is -2.28. The first-order valence-corrected chi connectivity index (χ1v) is 10.5. The average Bonchev–Trinajstić information content (AvgIpc) is 2.74. The molecule has 2 aromatic carbocycles. The van der Waals surface area contributed by atoms with E-state index in [-0.39, 0.29) is 24.2 Å². The molecule has 30 heavy (non-hydrogen) atoms. The molecule has 1 aliphatic heterocycles. The molecule has 2 atom stereocenters. The Morgan fingerprint density at radius 3 is 2.57 bits per heavy atom. The third-order valence-corrected chi connectivity index (χ3v) is 5.81. The van der Waals surface area contributed by atoms with E-state index in [2.05, 4.69) is 17.9 Å². The third kappa shape index (κ3) is 4.72. The van der Waals surface area contributed by atoms with E-state index in [1.165, 1.54) is 0 Å². The van der Waals surface area contributed by atoms with Crippen LogP contribution in [0.5, 0.6) is 17.2 Å². The summed E-state index contributed by atoms with van der Waals surface area (Å²) in [4.78, 5) is 2.09. The van der Waals surface area contributed by atoms with Crippen LogP contribution in [0.25, 0.3) is 0 Å². The summed E-state index contributed by atoms with van der Waals surface area (Å²) in [5, 5.41) is 30.4. The molecule has 0 amide bonds. The Labute approximate surface area is 178 Å². The highest BCUT2D eigenvalue weighted by Gasteiger charge is 2.24. The van der Waals surface area contributed by atoms with Gasteiger partial charge < -0.3 is 24.8 Å². The second-order valence-electron chi connectivity index (χ2n) is 8.34. The molecule has 0 aliphatic carbocycles. The fourth-order valence-electron chi connectivity index (χ4n) is 3.91. The predicted molar refractivity (Wildman–Crippen MR) is 116 cm³/mol. The highest BCUT2D eigenvalue weighted by atomic mass is 16.5. The van der Waals surface area contributed by atoms with Gasteiger partial charge in [0.05, 0.1) is 13.2 Å². The summed E-state index contributed by atoms with van der Waals surface area (Å²) in [6.45, 7) is 7.57. The molecule has 3 N–H and O–H groups in total. The number of ether oxygens (including phenoxy) is 2. The Morgan fingerprint density at radius 1 is 1.17 bits per heavy atom. The fourth-order valence-corrected chi connectivity index (χ4v) is 3.91. The maximum atomic E-state index is 10.4. The van der Waals surface area contributed by atoms with Gasteiger partial charge in [-0.2, -0.15) is 0 Å². The van der Waals surface area contributed by atoms with Crippen LogP contribution >= 0.6 is 0 Å². The van der Waals surface area contributed by atoms with Crippen LogP contribution in [0.2, 0.25) is 0 Å². The van der Waals surface area contributed by atoms with E-state index in [0.29, 0.717) is 25.6 Å². The van der Waals surface area contributed by atoms with Crippen LogP contribution in [0.1, 0.15) is 61.5 Å². The quantitative estimate of drug-likeness (QED) is 0.606. The Morgan fingerprint density at radius 2 is 1.93 bits per heavy atom. The minimum absolute atomic E-state index is 0.0535. The van der Waals surface area contributed by atoms with Gasteiger partial charge >= 0.3 is 0 Å². The van der Waals surface area contributed by atoms with Gasteiger partial charge in [0, 0.05) is 36.7 Å². The van der Waals surface area contributed by atoms with Crippen molar-refractivity contribution in [3.63, 3.8) is 0 Å². The van der Waals surface area contributed by atoms with Crippen molar-refractivity contribution >= 4 is 0 Å². The zero-order chi connectivity index (χ0) is 21.8. The van der Waals surface area contributed by atoms with Crippen molar-refractivity contribution in [3.05, 3.63) is 52.6 Å². The first kappa shape index (κ1) is 22.4. The molecule has 0 spiro atoms. The molecule has 164 valence electrons. The largest absolute Gasteiger partial charge is 0.508 e. The van der Waals surface area contributed by atoms with Crippen molar-refractivity contribution < 1.29 is 24.8 Å². The van der Waals surface area contributed by atoms with Crippen LogP contribution in [-0.4, -0.2) is 40.7 Å². The summed E-state index contributed by atoms with van der Waals surface area (Å²) >= 11 is 0. The lowest BCUT2D eigenvalue weighted by molar-refractivity contribution is 0.0843. The highest BCUT2D eigenvalue weighted by molar-refractivity contribution is 5.51. The number of phenols is 1. The number of fused-ring (bicyclic) bond motifs is 1. The Balaban J connectivity index is 1.84. The van der Waals surface area contributed by atoms with E-state index in [4.69, 9.17) is 9.47 Å². The number of phenolic OH excluding ortho intramolecular Hbond substituents is 1. The van der Waals surface area contributed by atoms with Gasteiger partial charge in [0.15, 0.2) is 11.5 Å². The highest BCUT2D eigenvalue weighted by Crippen LogP contribution is 2.39. The predicted octanol–water partition coefficient (Wildman–Crippen LogP) is 3.93. The maximum absolute atomic E-state index is 10.4. The van der Waals surface area contributed by atoms with Crippen molar-refractivity contribution in [2.45, 2.75) is 52.3 Å². The zero-order valence-electron chi connectivity index (χ0n) is 18.3. The number of hydrogen-bond acceptors (Lipinski definition) is 6. The lowest BCUT2D eigenvalue weighted by Gasteiger charge is -2.31. The molecule has 0 saturated heterocycles. The van der Waals surface area contributed by atoms with Crippen molar-refractivity contribution in [2.24, 2.45) is 5.92 Å². The molecule has 1 heterocycles. The molecule has 0 fully saturated rings. The molecule has 6 heteroatoms. The van der Waals surface area contributed by atoms with Gasteiger partial charge in [0.1, 0.15) is 12.5 Å². The molecule has 0 radical (unpaired) electrons. The molecule has 2 aromatic rings. The first-order chi connectivity index (χ1) is 14.4. The molecular weight excluding hydrogens is 382 g/mol. The minimum Gasteiger partial charge on any atom is -0.508 e. The monoisotopic (exact) mass is 415 g/mol. The van der Waals surface area contributed by atoms with Crippen molar-refractivity contribution in [1.82, 2.24) is 4.90 Å². The van der Waals surface area contributed by atoms with E-state index < -0.39 is 6.10 Å². The van der Waals surface area contributed by atoms with Gasteiger partial charge in [-0.15, -0.1) is 0 Å². The van der Waals surface area contributed by atoms with Gasteiger partial charge in [-0.1, -0.05) is 32.9 Å². The van der Waals surface area contributed by atoms with Gasteiger partial charge in [-0.25, -0.2) is 0 Å². The van der Waals surface area contributed by atoms with E-state index >= 15 is 0 Å². The summed E-state index contributed by atoms with van der Waals surface area (Å²) in [5.74, 6) is 1.77. The van der Waals surface area contributed by atoms with Crippen LogP contribution in [0.3, 0.4) is 0 Å². The lowest BCUT2D eigenvalue weighted by atomic mass is 9.94. The fraction of sp³-hybridized carbons (Fsp3) is 0.500. The topological polar surface area (TPSA) is 82.4 Å². The summed E-state index contributed by atoms with van der Waals surface area (Å²) in [7, 11) is 1.62. The van der Waals surface area contributed by atoms with Crippen molar-refractivity contribution in [2.75, 3.05) is 20.4 Å². The second-order valence-corrected chi connectivity index (χ2v) is 8.34. The van der Waals surface area contributed by atoms with Crippen LogP contribution in [0.4, 0.5) is 0 Å². The molecule has 0 bridgehead atoms. The summed E-state index contributed by atoms with van der Waals surface area (Å²) in [6, 6.07) is 9.30. The number of methoxy groups -OCH3 is 1. The van der Waals surface area contributed by atoms with E-state index in [9.17, 15) is 15.3 Å². The SMILES string of the molecule is CCC(CO)c1cc2c(c(OC)c1)OCN(Cc1cc(C(O)C(C)C)ccc1O)C2. The average molecular weight is 416 g/mol. The number of rotatable bonds is 8. The molecule has 2 unspecified atom stereocenters. The number of nitrogens with zero attached hydrogens (tertiary/aromatic N) is 1. The van der Waals surface area contributed by atoms with Gasteiger partial charge in [0.25, 0.3) is 0 Å². The summed E-state index contributed by atoms with van der Waals surface area (Å²) in [5.41, 5.74) is 3.59. The van der Waals surface area contributed by atoms with Crippen molar-refractivity contribution in [3.8, 4) is 17.2 Å². The smallest absolute Gasteiger partial charge is 0.167 e. The normalized spacial score (nSPS) is 16.1. The van der Waals surface area contributed by atoms with Crippen molar-refractivity contribution in [1.29, 1.82) is 0 Å². The van der Waals surface area contributed by atoms with Crippen LogP contribution in [0.15, 0.2) is 30.3 Å². The Bertz CT molecular complexity index is 863. The molecule has 1 aliphatic rings. The molecule has 0 aromatic heterocycles. The minimum atomic E-state index is -0.570. The van der Waals surface area contributed by atoms with Crippen LogP contribution < -0.4 is 9.47 Å². The lowest BCUT2D eigenvalue weighted by Crippen LogP contribution is -2.32. The first-order valence-electron chi connectivity index (χ1n) is 10.5. The van der Waals surface area contributed by atoms with Gasteiger partial charge in [-0.3, -0.25) is 4.90 Å². The summed E-state index contributed by atoms with van der Waals surface area (Å²) < 4.78 is 11.5. The van der Waals surface area contributed by atoms with E-state index in [0.717, 1.165) is 34.4 Å². The molecule has 0 saturated carbocycles. The van der Waals surface area contributed by atoms with E-state index in [1.807, 2.05) is 26.0 Å². The zero-order valence-corrected chi connectivity index (χ0v) is 18.3. The number of hydrogen-bond donors (Lipinski definition) is 3. The second kappa shape index (κ2) is 9.69. The molecule has 3 rings (SSSR count). The Kier molecular flexibility index (Phi) is 7.23. The number of benzene rings is 2. The maximum Gasteiger partial charge on any atom is 0.167 e. The van der Waals surface area contributed by atoms with Crippen LogP contribution in [0, 0.1) is 5.92 Å². The molecular formula is C24H33NO5. The number of aliphatic hydroxyl groups excluding tert-OH is 2. The van der Waals surface area contributed by atoms with E-state index in [1.54, 1.807) is 19.2 Å². The number of aromatic hydroxyl groups is 1. The number of aliphatic hydroxyl groups is 2. The standard InChI is InChI=1S/C24H33NO5/c1-5-16(13-26)18-9-20-12-25(14-30-24(20)22(10-18)29-4)11-19-8-17(6-7-21(19)27)23(28)15(2)3/h6-10,15-16,23,26-28H,5,11-14H2,1-4H3. The van der Waals surface area contributed by atoms with Crippen LogP contribution in [-0.2, 0) is 13.1 Å².